The number of carboxylic acids is 1. The lowest BCUT2D eigenvalue weighted by molar-refractivity contribution is -0.131. The number of benzene rings is 1. The smallest absolute Gasteiger partial charge is 0.328 e. The molecule has 0 heterocycles. The minimum absolute atomic E-state index is 0.684. The number of hydrogen-bond acceptors (Lipinski definition) is 2. The summed E-state index contributed by atoms with van der Waals surface area (Å²) in [6, 6.07) is 5.96. The van der Waals surface area contributed by atoms with Crippen LogP contribution >= 0.6 is 0 Å². The molecule has 0 saturated heterocycles. The fourth-order valence-corrected chi connectivity index (χ4v) is 1.84. The van der Waals surface area contributed by atoms with E-state index >= 15 is 0 Å². The predicted octanol–water partition coefficient (Wildman–Crippen LogP) is 3.27. The number of anilines is 1. The number of carboxylic acid groups (broad SMARTS) is 1. The summed E-state index contributed by atoms with van der Waals surface area (Å²) in [4.78, 5) is 12.7. The van der Waals surface area contributed by atoms with Gasteiger partial charge in [0.25, 0.3) is 0 Å². The molecule has 3 heteroatoms. The zero-order chi connectivity index (χ0) is 14.3. The zero-order valence-electron chi connectivity index (χ0n) is 11.2. The molecule has 0 amide bonds. The van der Waals surface area contributed by atoms with Crippen LogP contribution in [0.1, 0.15) is 11.1 Å². The Balaban J connectivity index is 3.19. The van der Waals surface area contributed by atoms with Gasteiger partial charge in [-0.3, -0.25) is 0 Å². The van der Waals surface area contributed by atoms with E-state index in [0.717, 1.165) is 22.9 Å². The van der Waals surface area contributed by atoms with Gasteiger partial charge in [0.15, 0.2) is 0 Å². The largest absolute Gasteiger partial charge is 0.478 e. The van der Waals surface area contributed by atoms with Crippen molar-refractivity contribution in [3.8, 4) is 0 Å². The highest BCUT2D eigenvalue weighted by Crippen LogP contribution is 2.23. The third-order valence-corrected chi connectivity index (χ3v) is 2.63. The average Bonchev–Trinajstić information content (AvgIpc) is 2.36. The molecule has 0 saturated carbocycles. The van der Waals surface area contributed by atoms with E-state index in [1.54, 1.807) is 6.08 Å². The van der Waals surface area contributed by atoms with Crippen LogP contribution in [-0.4, -0.2) is 24.2 Å². The number of nitrogens with zero attached hydrogens (tertiary/aromatic N) is 1. The van der Waals surface area contributed by atoms with Gasteiger partial charge >= 0.3 is 5.97 Å². The highest BCUT2D eigenvalue weighted by molar-refractivity contribution is 5.87. The maximum atomic E-state index is 10.7. The van der Waals surface area contributed by atoms with Crippen molar-refractivity contribution in [2.75, 3.05) is 18.0 Å². The molecule has 1 aromatic carbocycles. The topological polar surface area (TPSA) is 40.5 Å². The average molecular weight is 257 g/mol. The summed E-state index contributed by atoms with van der Waals surface area (Å²) >= 11 is 0. The molecule has 100 valence electrons. The van der Waals surface area contributed by atoms with Crippen molar-refractivity contribution in [2.24, 2.45) is 0 Å². The second-order valence-electron chi connectivity index (χ2n) is 4.22. The van der Waals surface area contributed by atoms with E-state index in [1.165, 1.54) is 0 Å². The standard InChI is InChI=1S/C16H19NO2/c1-4-10-17(11-5-2)15-8-6-13(3)12-14(15)7-9-16(18)19/h4-9,12H,1-2,10-11H2,3H3,(H,18,19)/b9-7+. The molecule has 0 spiro atoms. The highest BCUT2D eigenvalue weighted by atomic mass is 16.4. The van der Waals surface area contributed by atoms with Gasteiger partial charge in [0, 0.05) is 24.9 Å². The summed E-state index contributed by atoms with van der Waals surface area (Å²) in [6.45, 7) is 10.8. The first-order valence-electron chi connectivity index (χ1n) is 6.07. The maximum absolute atomic E-state index is 10.7. The van der Waals surface area contributed by atoms with Crippen LogP contribution in [0.5, 0.6) is 0 Å². The van der Waals surface area contributed by atoms with E-state index in [0.29, 0.717) is 13.1 Å². The van der Waals surface area contributed by atoms with E-state index in [4.69, 9.17) is 5.11 Å². The van der Waals surface area contributed by atoms with Gasteiger partial charge in [0.2, 0.25) is 0 Å². The van der Waals surface area contributed by atoms with Crippen LogP contribution in [0.2, 0.25) is 0 Å². The lowest BCUT2D eigenvalue weighted by Crippen LogP contribution is -2.23. The van der Waals surface area contributed by atoms with Crippen LogP contribution in [0.25, 0.3) is 6.08 Å². The third-order valence-electron chi connectivity index (χ3n) is 2.63. The Morgan fingerprint density at radius 1 is 1.32 bits per heavy atom. The Morgan fingerprint density at radius 2 is 1.95 bits per heavy atom. The molecule has 0 aliphatic rings. The van der Waals surface area contributed by atoms with Crippen LogP contribution < -0.4 is 4.90 Å². The number of aryl methyl sites for hydroxylation is 1. The van der Waals surface area contributed by atoms with Crippen LogP contribution in [0, 0.1) is 6.92 Å². The van der Waals surface area contributed by atoms with Gasteiger partial charge in [-0.05, 0) is 30.7 Å². The van der Waals surface area contributed by atoms with Gasteiger partial charge in [-0.1, -0.05) is 23.8 Å². The molecule has 0 radical (unpaired) electrons. The van der Waals surface area contributed by atoms with Crippen molar-refractivity contribution >= 4 is 17.7 Å². The van der Waals surface area contributed by atoms with Gasteiger partial charge in [-0.15, -0.1) is 13.2 Å². The first kappa shape index (κ1) is 14.8. The molecule has 1 aromatic rings. The van der Waals surface area contributed by atoms with Gasteiger partial charge < -0.3 is 10.0 Å². The van der Waals surface area contributed by atoms with Crippen molar-refractivity contribution in [3.63, 3.8) is 0 Å². The lowest BCUT2D eigenvalue weighted by atomic mass is 10.1. The van der Waals surface area contributed by atoms with Crippen molar-refractivity contribution < 1.29 is 9.90 Å². The number of aliphatic carboxylic acids is 1. The van der Waals surface area contributed by atoms with E-state index in [9.17, 15) is 4.79 Å². The Labute approximate surface area is 114 Å². The second-order valence-corrected chi connectivity index (χ2v) is 4.22. The van der Waals surface area contributed by atoms with Gasteiger partial charge in [-0.2, -0.15) is 0 Å². The molecule has 0 atom stereocenters. The maximum Gasteiger partial charge on any atom is 0.328 e. The SMILES string of the molecule is C=CCN(CC=C)c1ccc(C)cc1/C=C/C(=O)O. The Morgan fingerprint density at radius 3 is 2.47 bits per heavy atom. The minimum atomic E-state index is -0.952. The number of rotatable bonds is 7. The fourth-order valence-electron chi connectivity index (χ4n) is 1.84. The van der Waals surface area contributed by atoms with E-state index in [-0.39, 0.29) is 0 Å². The quantitative estimate of drug-likeness (QED) is 0.602. The summed E-state index contributed by atoms with van der Waals surface area (Å²) in [7, 11) is 0. The first-order valence-corrected chi connectivity index (χ1v) is 6.07. The molecule has 1 rings (SSSR count). The van der Waals surface area contributed by atoms with Crippen molar-refractivity contribution in [2.45, 2.75) is 6.92 Å². The van der Waals surface area contributed by atoms with Crippen LogP contribution in [0.15, 0.2) is 49.6 Å². The van der Waals surface area contributed by atoms with Crippen LogP contribution in [-0.2, 0) is 4.79 Å². The van der Waals surface area contributed by atoms with Gasteiger partial charge in [0.1, 0.15) is 0 Å². The molecule has 0 unspecified atom stereocenters. The van der Waals surface area contributed by atoms with E-state index < -0.39 is 5.97 Å². The summed E-state index contributed by atoms with van der Waals surface area (Å²) in [6.07, 6.45) is 6.39. The summed E-state index contributed by atoms with van der Waals surface area (Å²) in [5, 5.41) is 8.75. The molecule has 1 N–H and O–H groups in total. The van der Waals surface area contributed by atoms with Crippen molar-refractivity contribution in [3.05, 3.63) is 60.7 Å². The second kappa shape index (κ2) is 7.21. The molecule has 0 aromatic heterocycles. The molecule has 0 aliphatic carbocycles. The summed E-state index contributed by atoms with van der Waals surface area (Å²) < 4.78 is 0. The Hall–Kier alpha value is -2.29. The number of carbonyl (C=O) groups is 1. The summed E-state index contributed by atoms with van der Waals surface area (Å²) in [5.41, 5.74) is 2.94. The predicted molar refractivity (Wildman–Crippen MR) is 80.5 cm³/mol. The monoisotopic (exact) mass is 257 g/mol. The molecule has 3 nitrogen and oxygen atoms in total. The van der Waals surface area contributed by atoms with Crippen LogP contribution in [0.4, 0.5) is 5.69 Å². The van der Waals surface area contributed by atoms with Gasteiger partial charge in [-0.25, -0.2) is 4.79 Å². The highest BCUT2D eigenvalue weighted by Gasteiger charge is 2.07. The normalized spacial score (nSPS) is 10.4. The Kier molecular flexibility index (Phi) is 5.61. The summed E-state index contributed by atoms with van der Waals surface area (Å²) in [5.74, 6) is -0.952. The molecule has 0 bridgehead atoms. The van der Waals surface area contributed by atoms with Crippen molar-refractivity contribution in [1.82, 2.24) is 0 Å². The minimum Gasteiger partial charge on any atom is -0.478 e. The van der Waals surface area contributed by atoms with E-state index in [2.05, 4.69) is 18.1 Å². The fraction of sp³-hybridized carbons (Fsp3) is 0.188. The Bertz CT molecular complexity index is 493. The first-order chi connectivity index (χ1) is 9.08. The molecular formula is C16H19NO2. The van der Waals surface area contributed by atoms with E-state index in [1.807, 2.05) is 37.3 Å². The zero-order valence-corrected chi connectivity index (χ0v) is 11.2. The van der Waals surface area contributed by atoms with Crippen LogP contribution in [0.3, 0.4) is 0 Å². The van der Waals surface area contributed by atoms with Crippen molar-refractivity contribution in [1.29, 1.82) is 0 Å². The third kappa shape index (κ3) is 4.47. The van der Waals surface area contributed by atoms with Gasteiger partial charge in [0.05, 0.1) is 0 Å². The lowest BCUT2D eigenvalue weighted by Gasteiger charge is -2.24. The molecule has 19 heavy (non-hydrogen) atoms. The molecule has 0 aliphatic heterocycles. The molecule has 0 fully saturated rings. The molecular weight excluding hydrogens is 238 g/mol. The number of hydrogen-bond donors (Lipinski definition) is 1.